The van der Waals surface area contributed by atoms with Gasteiger partial charge < -0.3 is 4.74 Å². The van der Waals surface area contributed by atoms with Crippen molar-refractivity contribution in [2.75, 3.05) is 6.61 Å². The highest BCUT2D eigenvalue weighted by molar-refractivity contribution is 6.81. The molecule has 1 nitrogen and oxygen atoms in total. The van der Waals surface area contributed by atoms with E-state index in [1.54, 1.807) is 0 Å². The van der Waals surface area contributed by atoms with Gasteiger partial charge in [-0.15, -0.1) is 0 Å². The molecule has 12 heavy (non-hydrogen) atoms. The minimum Gasteiger partial charge on any atom is -0.382 e. The Balaban J connectivity index is 2.69. The van der Waals surface area contributed by atoms with Gasteiger partial charge in [-0.1, -0.05) is 33.9 Å². The van der Waals surface area contributed by atoms with E-state index in [2.05, 4.69) is 33.9 Å². The number of hydrogen-bond acceptors (Lipinski definition) is 1. The van der Waals surface area contributed by atoms with Crippen LogP contribution in [0, 0.1) is 0 Å². The molecule has 0 aliphatic carbocycles. The molecule has 0 amide bonds. The van der Waals surface area contributed by atoms with Crippen LogP contribution in [0.5, 0.6) is 0 Å². The van der Waals surface area contributed by atoms with Crippen LogP contribution in [0.1, 0.15) is 33.6 Å². The smallest absolute Gasteiger partial charge is 0.0868 e. The Morgan fingerprint density at radius 3 is 2.17 bits per heavy atom. The number of rotatable bonds is 1. The molecule has 1 aliphatic rings. The summed E-state index contributed by atoms with van der Waals surface area (Å²) in [6.45, 7) is 13.0. The van der Waals surface area contributed by atoms with Crippen LogP contribution in [0.3, 0.4) is 0 Å². The Bertz CT molecular complexity index is 152. The molecule has 1 fully saturated rings. The topological polar surface area (TPSA) is 9.23 Å². The first kappa shape index (κ1) is 10.3. The minimum atomic E-state index is -1.19. The molecule has 0 spiro atoms. The van der Waals surface area contributed by atoms with Crippen molar-refractivity contribution in [1.82, 2.24) is 0 Å². The summed E-state index contributed by atoms with van der Waals surface area (Å²) in [5, 5.41) is 0.474. The lowest BCUT2D eigenvalue weighted by molar-refractivity contribution is 0.156. The summed E-state index contributed by atoms with van der Waals surface area (Å²) < 4.78 is 5.81. The van der Waals surface area contributed by atoms with Crippen LogP contribution in [0.2, 0.25) is 18.1 Å². The summed E-state index contributed by atoms with van der Waals surface area (Å²) in [5.41, 5.74) is 0.609. The van der Waals surface area contributed by atoms with Crippen molar-refractivity contribution in [3.8, 4) is 0 Å². The van der Waals surface area contributed by atoms with E-state index in [1.807, 2.05) is 0 Å². The second kappa shape index (κ2) is 3.15. The first-order chi connectivity index (χ1) is 5.36. The molecule has 1 saturated heterocycles. The zero-order chi connectivity index (χ0) is 9.41. The van der Waals surface area contributed by atoms with Gasteiger partial charge in [-0.05, 0) is 17.9 Å². The molecule has 0 aromatic rings. The van der Waals surface area contributed by atoms with E-state index in [0.717, 1.165) is 6.61 Å². The lowest BCUT2D eigenvalue weighted by Crippen LogP contribution is -2.48. The molecule has 72 valence electrons. The third-order valence-corrected chi connectivity index (χ3v) is 9.60. The molecule has 1 atom stereocenters. The fourth-order valence-electron chi connectivity index (χ4n) is 1.63. The quantitative estimate of drug-likeness (QED) is 0.571. The van der Waals surface area contributed by atoms with Crippen molar-refractivity contribution >= 4 is 8.07 Å². The average molecular weight is 186 g/mol. The van der Waals surface area contributed by atoms with Gasteiger partial charge in [0.2, 0.25) is 0 Å². The van der Waals surface area contributed by atoms with Crippen LogP contribution >= 0.6 is 0 Å². The maximum Gasteiger partial charge on any atom is 0.0868 e. The summed E-state index contributed by atoms with van der Waals surface area (Å²) in [6.07, 6.45) is 2.58. The predicted molar refractivity (Wildman–Crippen MR) is 56.2 cm³/mol. The first-order valence-corrected chi connectivity index (χ1v) is 8.05. The molecule has 2 heteroatoms. The van der Waals surface area contributed by atoms with Gasteiger partial charge in [0.1, 0.15) is 0 Å². The Kier molecular flexibility index (Phi) is 2.69. The second-order valence-corrected chi connectivity index (χ2v) is 11.1. The van der Waals surface area contributed by atoms with Gasteiger partial charge in [0, 0.05) is 12.3 Å². The highest BCUT2D eigenvalue weighted by atomic mass is 28.3. The number of ether oxygens (including phenoxy) is 1. The van der Waals surface area contributed by atoms with Crippen LogP contribution < -0.4 is 0 Å². The molecule has 0 radical (unpaired) electrons. The zero-order valence-corrected chi connectivity index (χ0v) is 10.1. The van der Waals surface area contributed by atoms with Gasteiger partial charge in [-0.2, -0.15) is 0 Å². The lowest BCUT2D eigenvalue weighted by Gasteiger charge is -2.40. The second-order valence-electron chi connectivity index (χ2n) is 5.47. The molecular formula is C10H22OSi. The molecule has 0 saturated carbocycles. The Labute approximate surface area is 77.5 Å². The average Bonchev–Trinajstić information content (AvgIpc) is 2.34. The van der Waals surface area contributed by atoms with E-state index in [9.17, 15) is 0 Å². The van der Waals surface area contributed by atoms with E-state index < -0.39 is 8.07 Å². The first-order valence-electron chi connectivity index (χ1n) is 4.97. The van der Waals surface area contributed by atoms with Crippen LogP contribution in [-0.2, 0) is 4.74 Å². The van der Waals surface area contributed by atoms with E-state index in [0.29, 0.717) is 10.8 Å². The molecule has 1 heterocycles. The van der Waals surface area contributed by atoms with Crippen LogP contribution in [0.4, 0.5) is 0 Å². The molecule has 1 aliphatic heterocycles. The standard InChI is InChI=1S/C10H22OSi/c1-10(2,3)12(4,5)9-7-6-8-11-9/h9H,6-8H2,1-5H3. The molecular weight excluding hydrogens is 164 g/mol. The third kappa shape index (κ3) is 1.74. The molecule has 0 bridgehead atoms. The minimum absolute atomic E-state index is 0.474. The van der Waals surface area contributed by atoms with E-state index >= 15 is 0 Å². The summed E-state index contributed by atoms with van der Waals surface area (Å²) >= 11 is 0. The summed E-state index contributed by atoms with van der Waals surface area (Å²) in [6, 6.07) is 0. The molecule has 1 unspecified atom stereocenters. The fourth-order valence-corrected chi connectivity index (χ4v) is 4.06. The van der Waals surface area contributed by atoms with Gasteiger partial charge in [-0.25, -0.2) is 0 Å². The van der Waals surface area contributed by atoms with Crippen molar-refractivity contribution in [3.63, 3.8) is 0 Å². The molecule has 0 aromatic carbocycles. The third-order valence-electron chi connectivity index (χ3n) is 3.67. The van der Waals surface area contributed by atoms with Gasteiger partial charge in [0.05, 0.1) is 8.07 Å². The van der Waals surface area contributed by atoms with Crippen LogP contribution in [0.25, 0.3) is 0 Å². The summed E-state index contributed by atoms with van der Waals surface area (Å²) in [5.74, 6) is 0. The monoisotopic (exact) mass is 186 g/mol. The van der Waals surface area contributed by atoms with Crippen LogP contribution in [-0.4, -0.2) is 20.4 Å². The summed E-state index contributed by atoms with van der Waals surface area (Å²) in [4.78, 5) is 0. The maximum absolute atomic E-state index is 5.81. The predicted octanol–water partition coefficient (Wildman–Crippen LogP) is 3.21. The molecule has 0 aromatic heterocycles. The molecule has 0 N–H and O–H groups in total. The SMILES string of the molecule is CC(C)(C)[Si](C)(C)C1CCCO1. The molecule has 1 rings (SSSR count). The zero-order valence-electron chi connectivity index (χ0n) is 9.11. The fraction of sp³-hybridized carbons (Fsp3) is 1.00. The maximum atomic E-state index is 5.81. The van der Waals surface area contributed by atoms with Crippen molar-refractivity contribution in [2.45, 2.75) is 57.5 Å². The normalized spacial score (nSPS) is 26.2. The van der Waals surface area contributed by atoms with Crippen molar-refractivity contribution in [1.29, 1.82) is 0 Å². The van der Waals surface area contributed by atoms with Gasteiger partial charge in [0.25, 0.3) is 0 Å². The van der Waals surface area contributed by atoms with E-state index in [4.69, 9.17) is 4.74 Å². The Morgan fingerprint density at radius 1 is 1.25 bits per heavy atom. The van der Waals surface area contributed by atoms with Crippen molar-refractivity contribution < 1.29 is 4.74 Å². The van der Waals surface area contributed by atoms with Gasteiger partial charge >= 0.3 is 0 Å². The van der Waals surface area contributed by atoms with Crippen molar-refractivity contribution in [3.05, 3.63) is 0 Å². The van der Waals surface area contributed by atoms with E-state index in [1.165, 1.54) is 12.8 Å². The van der Waals surface area contributed by atoms with E-state index in [-0.39, 0.29) is 0 Å². The highest BCUT2D eigenvalue weighted by Crippen LogP contribution is 2.41. The Hall–Kier alpha value is 0.177. The lowest BCUT2D eigenvalue weighted by atomic mass is 10.2. The van der Waals surface area contributed by atoms with Crippen molar-refractivity contribution in [2.24, 2.45) is 0 Å². The van der Waals surface area contributed by atoms with Gasteiger partial charge in [-0.3, -0.25) is 0 Å². The number of hydrogen-bond donors (Lipinski definition) is 0. The Morgan fingerprint density at radius 2 is 1.83 bits per heavy atom. The van der Waals surface area contributed by atoms with Gasteiger partial charge in [0.15, 0.2) is 0 Å². The highest BCUT2D eigenvalue weighted by Gasteiger charge is 2.43. The largest absolute Gasteiger partial charge is 0.382 e. The summed E-state index contributed by atoms with van der Waals surface area (Å²) in [7, 11) is -1.19. The van der Waals surface area contributed by atoms with Crippen LogP contribution in [0.15, 0.2) is 0 Å².